The second kappa shape index (κ2) is 5.57. The maximum absolute atomic E-state index is 12.5. The molecule has 23 heavy (non-hydrogen) atoms. The second-order valence-electron chi connectivity index (χ2n) is 6.70. The highest BCUT2D eigenvalue weighted by Crippen LogP contribution is 2.43. The van der Waals surface area contributed by atoms with E-state index in [1.54, 1.807) is 20.8 Å². The summed E-state index contributed by atoms with van der Waals surface area (Å²) in [5, 5.41) is 9.41. The lowest BCUT2D eigenvalue weighted by molar-refractivity contribution is -0.0535. The Bertz CT molecular complexity index is 621. The molecule has 0 fully saturated rings. The van der Waals surface area contributed by atoms with Crippen molar-refractivity contribution in [1.29, 1.82) is 0 Å². The monoisotopic (exact) mass is 359 g/mol. The molecule has 6 nitrogen and oxygen atoms in total. The van der Waals surface area contributed by atoms with Crippen LogP contribution >= 0.6 is 0 Å². The van der Waals surface area contributed by atoms with E-state index in [9.17, 15) is 31.5 Å². The number of nitrogens with zero attached hydrogens (tertiary/aromatic N) is 1. The molecule has 1 N–H and O–H groups in total. The Morgan fingerprint density at radius 1 is 1.39 bits per heavy atom. The summed E-state index contributed by atoms with van der Waals surface area (Å²) < 4.78 is 64.0. The lowest BCUT2D eigenvalue weighted by Crippen LogP contribution is -2.61. The SMILES string of the molecule is CC1CC(OS(=O)(=O)C(F)(F)F)=CC(C)(C(C)(C)C)N1C(=O)O. The molecule has 2 atom stereocenters. The van der Waals surface area contributed by atoms with Gasteiger partial charge in [0.05, 0.1) is 5.54 Å². The third kappa shape index (κ3) is 3.56. The summed E-state index contributed by atoms with van der Waals surface area (Å²) in [5.74, 6) is -0.412. The maximum Gasteiger partial charge on any atom is 0.534 e. The van der Waals surface area contributed by atoms with Gasteiger partial charge in [-0.1, -0.05) is 20.8 Å². The van der Waals surface area contributed by atoms with Crippen LogP contribution in [0.25, 0.3) is 0 Å². The molecule has 0 saturated heterocycles. The highest BCUT2D eigenvalue weighted by Gasteiger charge is 2.52. The summed E-state index contributed by atoms with van der Waals surface area (Å²) in [5.41, 5.74) is -7.50. The molecule has 1 aliphatic rings. The van der Waals surface area contributed by atoms with Crippen LogP contribution in [0.1, 0.15) is 41.0 Å². The van der Waals surface area contributed by atoms with Gasteiger partial charge in [0.25, 0.3) is 0 Å². The van der Waals surface area contributed by atoms with Crippen molar-refractivity contribution in [2.24, 2.45) is 5.41 Å². The number of alkyl halides is 3. The van der Waals surface area contributed by atoms with Crippen LogP contribution in [0.4, 0.5) is 18.0 Å². The number of amides is 1. The molecule has 0 spiro atoms. The second-order valence-corrected chi connectivity index (χ2v) is 8.23. The van der Waals surface area contributed by atoms with Gasteiger partial charge in [0.2, 0.25) is 0 Å². The molecule has 1 heterocycles. The number of carbonyl (C=O) groups is 1. The van der Waals surface area contributed by atoms with Crippen molar-refractivity contribution in [1.82, 2.24) is 4.90 Å². The molecule has 0 bridgehead atoms. The van der Waals surface area contributed by atoms with Crippen molar-refractivity contribution in [2.45, 2.75) is 58.1 Å². The largest absolute Gasteiger partial charge is 0.534 e. The minimum absolute atomic E-state index is 0.271. The van der Waals surface area contributed by atoms with Gasteiger partial charge < -0.3 is 9.29 Å². The average molecular weight is 359 g/mol. The molecule has 1 aliphatic heterocycles. The molecule has 0 saturated carbocycles. The third-order valence-corrected chi connectivity index (χ3v) is 5.11. The average Bonchev–Trinajstić information content (AvgIpc) is 2.22. The van der Waals surface area contributed by atoms with Gasteiger partial charge in [-0.15, -0.1) is 0 Å². The Kier molecular flexibility index (Phi) is 4.75. The fraction of sp³-hybridized carbons (Fsp3) is 0.769. The van der Waals surface area contributed by atoms with Gasteiger partial charge in [-0.25, -0.2) is 4.79 Å². The highest BCUT2D eigenvalue weighted by molar-refractivity contribution is 7.87. The third-order valence-electron chi connectivity index (χ3n) is 4.10. The van der Waals surface area contributed by atoms with E-state index < -0.39 is 44.5 Å². The first-order valence-electron chi connectivity index (χ1n) is 6.77. The van der Waals surface area contributed by atoms with Crippen LogP contribution in [0.15, 0.2) is 11.8 Å². The van der Waals surface area contributed by atoms with Crippen LogP contribution in [0.3, 0.4) is 0 Å². The van der Waals surface area contributed by atoms with Crippen molar-refractivity contribution < 1.29 is 35.7 Å². The van der Waals surface area contributed by atoms with E-state index in [0.29, 0.717) is 0 Å². The van der Waals surface area contributed by atoms with E-state index in [2.05, 4.69) is 4.18 Å². The van der Waals surface area contributed by atoms with Crippen LogP contribution in [-0.2, 0) is 14.3 Å². The van der Waals surface area contributed by atoms with Crippen molar-refractivity contribution >= 4 is 16.2 Å². The Labute approximate surface area is 133 Å². The summed E-state index contributed by atoms with van der Waals surface area (Å²) >= 11 is 0. The standard InChI is InChI=1S/C13H20F3NO5S/c1-8-6-9(22-23(20,21)13(14,15)16)7-12(5,11(2,3)4)17(8)10(18)19/h7-8H,6H2,1-5H3,(H,18,19). The Balaban J connectivity index is 3.38. The Morgan fingerprint density at radius 2 is 1.87 bits per heavy atom. The van der Waals surface area contributed by atoms with E-state index in [4.69, 9.17) is 0 Å². The molecule has 0 aromatic carbocycles. The number of halogens is 3. The number of hydrogen-bond donors (Lipinski definition) is 1. The van der Waals surface area contributed by atoms with Crippen LogP contribution in [-0.4, -0.2) is 41.6 Å². The van der Waals surface area contributed by atoms with Crippen molar-refractivity contribution in [3.8, 4) is 0 Å². The summed E-state index contributed by atoms with van der Waals surface area (Å²) in [6, 6.07) is -0.750. The number of carboxylic acid groups (broad SMARTS) is 1. The molecule has 0 radical (unpaired) electrons. The molecule has 0 aromatic heterocycles. The fourth-order valence-corrected chi connectivity index (χ4v) is 2.99. The zero-order chi connectivity index (χ0) is 18.4. The van der Waals surface area contributed by atoms with E-state index in [1.165, 1.54) is 13.8 Å². The van der Waals surface area contributed by atoms with E-state index in [1.807, 2.05) is 0 Å². The first-order chi connectivity index (χ1) is 10.0. The van der Waals surface area contributed by atoms with Crippen molar-refractivity contribution in [2.75, 3.05) is 0 Å². The van der Waals surface area contributed by atoms with E-state index >= 15 is 0 Å². The molecule has 0 aliphatic carbocycles. The molecule has 2 unspecified atom stereocenters. The number of hydrogen-bond acceptors (Lipinski definition) is 4. The smallest absolute Gasteiger partial charge is 0.465 e. The lowest BCUT2D eigenvalue weighted by Gasteiger charge is -2.51. The normalized spacial score (nSPS) is 26.7. The summed E-state index contributed by atoms with van der Waals surface area (Å²) in [4.78, 5) is 12.6. The minimum atomic E-state index is -5.79. The molecular formula is C13H20F3NO5S. The van der Waals surface area contributed by atoms with Crippen LogP contribution in [0.5, 0.6) is 0 Å². The quantitative estimate of drug-likeness (QED) is 0.604. The molecule has 1 amide bonds. The van der Waals surface area contributed by atoms with Gasteiger partial charge in [-0.3, -0.25) is 4.90 Å². The number of rotatable bonds is 2. The predicted octanol–water partition coefficient (Wildman–Crippen LogP) is 3.31. The van der Waals surface area contributed by atoms with Crippen LogP contribution < -0.4 is 0 Å². The van der Waals surface area contributed by atoms with Gasteiger partial charge in [-0.2, -0.15) is 21.6 Å². The predicted molar refractivity (Wildman–Crippen MR) is 75.9 cm³/mol. The zero-order valence-corrected chi connectivity index (χ0v) is 14.2. The summed E-state index contributed by atoms with van der Waals surface area (Å²) in [6.45, 7) is 8.10. The molecular weight excluding hydrogens is 339 g/mol. The van der Waals surface area contributed by atoms with Gasteiger partial charge in [0.15, 0.2) is 0 Å². The molecule has 134 valence electrons. The molecule has 0 aromatic rings. The van der Waals surface area contributed by atoms with Crippen LogP contribution in [0.2, 0.25) is 0 Å². The van der Waals surface area contributed by atoms with Crippen molar-refractivity contribution in [3.05, 3.63) is 11.8 Å². The lowest BCUT2D eigenvalue weighted by atomic mass is 9.71. The Hall–Kier alpha value is -1.45. The van der Waals surface area contributed by atoms with Crippen molar-refractivity contribution in [3.63, 3.8) is 0 Å². The van der Waals surface area contributed by atoms with Gasteiger partial charge >= 0.3 is 21.7 Å². The highest BCUT2D eigenvalue weighted by atomic mass is 32.2. The molecule has 1 rings (SSSR count). The van der Waals surface area contributed by atoms with Gasteiger partial charge in [0, 0.05) is 12.5 Å². The summed E-state index contributed by atoms with van der Waals surface area (Å²) in [7, 11) is -5.79. The summed E-state index contributed by atoms with van der Waals surface area (Å²) in [6.07, 6.45) is -0.374. The van der Waals surface area contributed by atoms with Crippen LogP contribution in [0, 0.1) is 5.41 Å². The topological polar surface area (TPSA) is 83.9 Å². The molecule has 10 heteroatoms. The van der Waals surface area contributed by atoms with Gasteiger partial charge in [-0.05, 0) is 25.3 Å². The Morgan fingerprint density at radius 3 is 2.22 bits per heavy atom. The van der Waals surface area contributed by atoms with E-state index in [-0.39, 0.29) is 6.42 Å². The van der Waals surface area contributed by atoms with E-state index in [0.717, 1.165) is 11.0 Å². The zero-order valence-electron chi connectivity index (χ0n) is 13.4. The first kappa shape index (κ1) is 19.6. The van der Waals surface area contributed by atoms with Gasteiger partial charge in [0.1, 0.15) is 5.76 Å². The first-order valence-corrected chi connectivity index (χ1v) is 8.18. The maximum atomic E-state index is 12.5. The fourth-order valence-electron chi connectivity index (χ4n) is 2.49. The minimum Gasteiger partial charge on any atom is -0.465 e.